The van der Waals surface area contributed by atoms with E-state index in [1.165, 1.54) is 6.92 Å². The van der Waals surface area contributed by atoms with Crippen molar-refractivity contribution in [2.75, 3.05) is 7.11 Å². The summed E-state index contributed by atoms with van der Waals surface area (Å²) in [5.41, 5.74) is 1.64. The summed E-state index contributed by atoms with van der Waals surface area (Å²) in [5, 5.41) is 18.6. The van der Waals surface area contributed by atoms with E-state index in [0.29, 0.717) is 0 Å². The van der Waals surface area contributed by atoms with Crippen molar-refractivity contribution in [3.63, 3.8) is 0 Å². The molecule has 0 radical (unpaired) electrons. The predicted molar refractivity (Wildman–Crippen MR) is 135 cm³/mol. The molecule has 0 saturated heterocycles. The summed E-state index contributed by atoms with van der Waals surface area (Å²) in [7, 11) is 1.15. The van der Waals surface area contributed by atoms with Crippen molar-refractivity contribution in [3.8, 4) is 0 Å². The van der Waals surface area contributed by atoms with E-state index in [0.717, 1.165) is 18.2 Å². The summed E-state index contributed by atoms with van der Waals surface area (Å²) < 4.78 is 4.66. The Morgan fingerprint density at radius 1 is 0.806 bits per heavy atom. The number of esters is 1. The molecule has 0 aliphatic heterocycles. The van der Waals surface area contributed by atoms with Gasteiger partial charge in [0.15, 0.2) is 6.10 Å². The SMILES string of the molecule is COC(=O)[C@H](O)[C@H](Cc1ccccc1)NC(=O)[C@@H](NC(=O)[C@H](Cc1ccccc1)NC(C)=O)C(C)C. The van der Waals surface area contributed by atoms with Gasteiger partial charge in [0.25, 0.3) is 0 Å². The van der Waals surface area contributed by atoms with Crippen LogP contribution in [0.2, 0.25) is 0 Å². The first-order valence-corrected chi connectivity index (χ1v) is 11.8. The van der Waals surface area contributed by atoms with Crippen LogP contribution in [0.15, 0.2) is 60.7 Å². The van der Waals surface area contributed by atoms with Gasteiger partial charge in [-0.1, -0.05) is 74.5 Å². The standard InChI is InChI=1S/C27H35N3O6/c1-17(2)23(30-25(33)22(28-18(3)31)16-20-13-9-6-10-14-20)26(34)29-21(24(32)27(35)36-4)15-19-11-7-5-8-12-19/h5-14,17,21-24,32H,15-16H2,1-4H3,(H,28,31)(H,29,34)(H,30,33)/t21-,22-,23-,24+/m0/s1. The van der Waals surface area contributed by atoms with Crippen LogP contribution in [0.3, 0.4) is 0 Å². The fourth-order valence-corrected chi connectivity index (χ4v) is 3.76. The molecule has 2 aromatic rings. The molecule has 0 heterocycles. The average Bonchev–Trinajstić information content (AvgIpc) is 2.86. The number of aliphatic hydroxyl groups excluding tert-OH is 1. The lowest BCUT2D eigenvalue weighted by atomic mass is 9.98. The van der Waals surface area contributed by atoms with Crippen LogP contribution in [0.1, 0.15) is 31.9 Å². The van der Waals surface area contributed by atoms with Crippen LogP contribution in [0.25, 0.3) is 0 Å². The molecule has 0 spiro atoms. The van der Waals surface area contributed by atoms with Gasteiger partial charge in [-0.25, -0.2) is 4.79 Å². The summed E-state index contributed by atoms with van der Waals surface area (Å²) in [5.74, 6) is -2.66. The first-order valence-electron chi connectivity index (χ1n) is 11.8. The van der Waals surface area contributed by atoms with E-state index in [9.17, 15) is 24.3 Å². The number of methoxy groups -OCH3 is 1. The van der Waals surface area contributed by atoms with Crippen LogP contribution in [-0.2, 0) is 36.8 Å². The van der Waals surface area contributed by atoms with Crippen LogP contribution >= 0.6 is 0 Å². The van der Waals surface area contributed by atoms with Gasteiger partial charge in [-0.15, -0.1) is 0 Å². The molecule has 4 N–H and O–H groups in total. The minimum Gasteiger partial charge on any atom is -0.467 e. The van der Waals surface area contributed by atoms with Gasteiger partial charge < -0.3 is 25.8 Å². The van der Waals surface area contributed by atoms with Gasteiger partial charge in [0.05, 0.1) is 13.2 Å². The molecule has 2 rings (SSSR count). The fraction of sp³-hybridized carbons (Fsp3) is 0.407. The third-order valence-electron chi connectivity index (χ3n) is 5.67. The van der Waals surface area contributed by atoms with Crippen LogP contribution < -0.4 is 16.0 Å². The molecule has 9 heteroatoms. The molecule has 0 unspecified atom stereocenters. The molecule has 194 valence electrons. The van der Waals surface area contributed by atoms with Gasteiger partial charge in [-0.3, -0.25) is 14.4 Å². The third kappa shape index (κ3) is 8.81. The van der Waals surface area contributed by atoms with Crippen molar-refractivity contribution in [1.29, 1.82) is 0 Å². The summed E-state index contributed by atoms with van der Waals surface area (Å²) >= 11 is 0. The van der Waals surface area contributed by atoms with Crippen molar-refractivity contribution in [1.82, 2.24) is 16.0 Å². The quantitative estimate of drug-likeness (QED) is 0.325. The second-order valence-corrected chi connectivity index (χ2v) is 8.95. The van der Waals surface area contributed by atoms with Gasteiger partial charge in [0.1, 0.15) is 12.1 Å². The topological polar surface area (TPSA) is 134 Å². The molecule has 9 nitrogen and oxygen atoms in total. The van der Waals surface area contributed by atoms with E-state index in [1.54, 1.807) is 13.8 Å². The van der Waals surface area contributed by atoms with Gasteiger partial charge in [0, 0.05) is 13.3 Å². The molecule has 0 aliphatic carbocycles. The van der Waals surface area contributed by atoms with E-state index >= 15 is 0 Å². The average molecular weight is 498 g/mol. The second-order valence-electron chi connectivity index (χ2n) is 8.95. The lowest BCUT2D eigenvalue weighted by molar-refractivity contribution is -0.152. The van der Waals surface area contributed by atoms with Crippen molar-refractivity contribution in [2.45, 2.75) is 57.8 Å². The number of aliphatic hydroxyl groups is 1. The zero-order valence-electron chi connectivity index (χ0n) is 21.1. The molecule has 0 aromatic heterocycles. The molecule has 36 heavy (non-hydrogen) atoms. The molecule has 0 saturated carbocycles. The van der Waals surface area contributed by atoms with Gasteiger partial charge in [0.2, 0.25) is 17.7 Å². The van der Waals surface area contributed by atoms with Crippen molar-refractivity contribution >= 4 is 23.7 Å². The summed E-state index contributed by atoms with van der Waals surface area (Å²) in [6.07, 6.45) is -1.19. The molecule has 0 aliphatic rings. The number of hydrogen-bond donors (Lipinski definition) is 4. The summed E-state index contributed by atoms with van der Waals surface area (Å²) in [6.45, 7) is 4.84. The smallest absolute Gasteiger partial charge is 0.336 e. The Morgan fingerprint density at radius 2 is 1.33 bits per heavy atom. The molecule has 3 amide bonds. The number of benzene rings is 2. The minimum atomic E-state index is -1.60. The van der Waals surface area contributed by atoms with Gasteiger partial charge in [-0.05, 0) is 23.5 Å². The second kappa shape index (κ2) is 14.0. The highest BCUT2D eigenvalue weighted by Gasteiger charge is 2.33. The molecule has 0 fully saturated rings. The van der Waals surface area contributed by atoms with Crippen molar-refractivity contribution < 1.29 is 29.0 Å². The van der Waals surface area contributed by atoms with Crippen molar-refractivity contribution in [3.05, 3.63) is 71.8 Å². The largest absolute Gasteiger partial charge is 0.467 e. The highest BCUT2D eigenvalue weighted by molar-refractivity contribution is 5.92. The van der Waals surface area contributed by atoms with Crippen LogP contribution in [0.4, 0.5) is 0 Å². The fourth-order valence-electron chi connectivity index (χ4n) is 3.76. The van der Waals surface area contributed by atoms with Crippen LogP contribution in [0.5, 0.6) is 0 Å². The van der Waals surface area contributed by atoms with Gasteiger partial charge >= 0.3 is 5.97 Å². The maximum Gasteiger partial charge on any atom is 0.336 e. The lowest BCUT2D eigenvalue weighted by Crippen LogP contribution is -2.59. The monoisotopic (exact) mass is 497 g/mol. The van der Waals surface area contributed by atoms with Gasteiger partial charge in [-0.2, -0.15) is 0 Å². The number of amides is 3. The molecular weight excluding hydrogens is 462 g/mol. The van der Waals surface area contributed by atoms with Crippen LogP contribution in [0, 0.1) is 5.92 Å². The number of ether oxygens (including phenoxy) is 1. The first kappa shape index (κ1) is 28.5. The number of hydrogen-bond acceptors (Lipinski definition) is 6. The Labute approximate surface area is 211 Å². The maximum atomic E-state index is 13.3. The Hall–Kier alpha value is -3.72. The van der Waals surface area contributed by atoms with E-state index in [-0.39, 0.29) is 24.7 Å². The highest BCUT2D eigenvalue weighted by atomic mass is 16.5. The maximum absolute atomic E-state index is 13.3. The Morgan fingerprint density at radius 3 is 1.81 bits per heavy atom. The first-order chi connectivity index (χ1) is 17.1. The number of rotatable bonds is 12. The normalized spacial score (nSPS) is 14.2. The highest BCUT2D eigenvalue weighted by Crippen LogP contribution is 2.11. The van der Waals surface area contributed by atoms with E-state index in [2.05, 4.69) is 20.7 Å². The van der Waals surface area contributed by atoms with E-state index in [4.69, 9.17) is 0 Å². The number of carbonyl (C=O) groups excluding carboxylic acids is 4. The number of nitrogens with one attached hydrogen (secondary N) is 3. The lowest BCUT2D eigenvalue weighted by Gasteiger charge is -2.29. The molecule has 4 atom stereocenters. The number of carbonyl (C=O) groups is 4. The third-order valence-corrected chi connectivity index (χ3v) is 5.67. The summed E-state index contributed by atoms with van der Waals surface area (Å²) in [4.78, 5) is 50.2. The zero-order valence-corrected chi connectivity index (χ0v) is 21.1. The van der Waals surface area contributed by atoms with Crippen LogP contribution in [-0.4, -0.2) is 60.1 Å². The Balaban J connectivity index is 2.20. The Kier molecular flexibility index (Phi) is 11.1. The molecule has 0 bridgehead atoms. The molecular formula is C27H35N3O6. The molecule has 2 aromatic carbocycles. The van der Waals surface area contributed by atoms with Crippen molar-refractivity contribution in [2.24, 2.45) is 5.92 Å². The van der Waals surface area contributed by atoms with E-state index in [1.807, 2.05) is 60.7 Å². The Bertz CT molecular complexity index is 1010. The minimum absolute atomic E-state index is 0.171. The zero-order chi connectivity index (χ0) is 26.7. The summed E-state index contributed by atoms with van der Waals surface area (Å²) in [6, 6.07) is 15.4. The predicted octanol–water partition coefficient (Wildman–Crippen LogP) is 1.14. The van der Waals surface area contributed by atoms with E-state index < -0.39 is 42.0 Å².